The number of ether oxygens (including phenoxy) is 2. The fourth-order valence-electron chi connectivity index (χ4n) is 4.64. The second kappa shape index (κ2) is 9.74. The average Bonchev–Trinajstić information content (AvgIpc) is 2.87. The summed E-state index contributed by atoms with van der Waals surface area (Å²) in [5.41, 5.74) is 5.94. The number of para-hydroxylation sites is 2. The number of hydrogen-bond donors (Lipinski definition) is 1. The molecule has 36 heavy (non-hydrogen) atoms. The van der Waals surface area contributed by atoms with Crippen molar-refractivity contribution in [3.8, 4) is 11.5 Å². The number of methoxy groups -OCH3 is 1. The first kappa shape index (κ1) is 23.4. The van der Waals surface area contributed by atoms with E-state index in [0.29, 0.717) is 11.3 Å². The van der Waals surface area contributed by atoms with E-state index in [1.165, 1.54) is 6.07 Å². The molecule has 1 unspecified atom stereocenters. The molecule has 5 nitrogen and oxygen atoms in total. The van der Waals surface area contributed by atoms with Crippen LogP contribution in [0.2, 0.25) is 0 Å². The standard InChI is InChI=1S/C30H27FN2O3/c1-19-14-20(2)16-23(15-19)33-29(32-26-10-6-4-8-24(26)30(33)34)21-12-13-27(35-3)22(17-21)18-36-28-11-7-5-9-25(28)31/h4-17,29,32H,18H2,1-3H3. The maximum atomic E-state index is 14.1. The van der Waals surface area contributed by atoms with Crippen LogP contribution in [0.1, 0.15) is 38.8 Å². The Morgan fingerprint density at radius 1 is 0.889 bits per heavy atom. The van der Waals surface area contributed by atoms with Gasteiger partial charge in [0.15, 0.2) is 11.6 Å². The molecular formula is C30H27FN2O3. The van der Waals surface area contributed by atoms with Crippen molar-refractivity contribution in [1.82, 2.24) is 0 Å². The Hall–Kier alpha value is -4.32. The molecule has 1 amide bonds. The van der Waals surface area contributed by atoms with E-state index in [2.05, 4.69) is 11.4 Å². The van der Waals surface area contributed by atoms with Crippen molar-refractivity contribution in [1.29, 1.82) is 0 Å². The lowest BCUT2D eigenvalue weighted by Gasteiger charge is -2.38. The van der Waals surface area contributed by atoms with Gasteiger partial charge in [0.2, 0.25) is 0 Å². The van der Waals surface area contributed by atoms with Crippen LogP contribution in [0, 0.1) is 19.7 Å². The van der Waals surface area contributed by atoms with E-state index in [-0.39, 0.29) is 18.3 Å². The normalized spacial score (nSPS) is 14.7. The number of carbonyl (C=O) groups is 1. The second-order valence-corrected chi connectivity index (χ2v) is 8.90. The number of aryl methyl sites for hydroxylation is 2. The molecule has 6 heteroatoms. The molecule has 5 rings (SSSR count). The predicted octanol–water partition coefficient (Wildman–Crippen LogP) is 6.80. The number of anilines is 2. The smallest absolute Gasteiger partial charge is 0.262 e. The minimum atomic E-state index is -0.466. The number of fused-ring (bicyclic) bond motifs is 1. The van der Waals surface area contributed by atoms with Crippen molar-refractivity contribution in [2.75, 3.05) is 17.3 Å². The van der Waals surface area contributed by atoms with E-state index >= 15 is 0 Å². The third kappa shape index (κ3) is 4.50. The molecule has 0 spiro atoms. The van der Waals surface area contributed by atoms with E-state index < -0.39 is 12.0 Å². The van der Waals surface area contributed by atoms with Gasteiger partial charge in [0.05, 0.1) is 12.7 Å². The largest absolute Gasteiger partial charge is 0.496 e. The molecule has 0 bridgehead atoms. The summed E-state index contributed by atoms with van der Waals surface area (Å²) in [5.74, 6) is 0.279. The molecule has 1 aliphatic rings. The molecule has 0 saturated heterocycles. The maximum Gasteiger partial charge on any atom is 0.262 e. The van der Waals surface area contributed by atoms with Gasteiger partial charge in [0, 0.05) is 16.9 Å². The van der Waals surface area contributed by atoms with E-state index in [9.17, 15) is 9.18 Å². The van der Waals surface area contributed by atoms with Crippen molar-refractivity contribution in [3.63, 3.8) is 0 Å². The van der Waals surface area contributed by atoms with Crippen molar-refractivity contribution >= 4 is 17.3 Å². The SMILES string of the molecule is COc1ccc(C2Nc3ccccc3C(=O)N2c2cc(C)cc(C)c2)cc1COc1ccccc1F. The van der Waals surface area contributed by atoms with Gasteiger partial charge in [-0.2, -0.15) is 0 Å². The number of benzene rings is 4. The molecule has 1 N–H and O–H groups in total. The van der Waals surface area contributed by atoms with Gasteiger partial charge in [-0.25, -0.2) is 4.39 Å². The minimum Gasteiger partial charge on any atom is -0.496 e. The number of hydrogen-bond acceptors (Lipinski definition) is 4. The summed E-state index contributed by atoms with van der Waals surface area (Å²) in [6.45, 7) is 4.15. The highest BCUT2D eigenvalue weighted by Crippen LogP contribution is 2.38. The van der Waals surface area contributed by atoms with Gasteiger partial charge in [-0.15, -0.1) is 0 Å². The highest BCUT2D eigenvalue weighted by molar-refractivity contribution is 6.12. The van der Waals surface area contributed by atoms with Gasteiger partial charge in [0.1, 0.15) is 18.5 Å². The van der Waals surface area contributed by atoms with Crippen LogP contribution in [0.4, 0.5) is 15.8 Å². The number of amides is 1. The van der Waals surface area contributed by atoms with Crippen molar-refractivity contribution in [2.45, 2.75) is 26.6 Å². The lowest BCUT2D eigenvalue weighted by molar-refractivity contribution is 0.0975. The third-order valence-corrected chi connectivity index (χ3v) is 6.25. The van der Waals surface area contributed by atoms with Crippen LogP contribution in [-0.2, 0) is 6.61 Å². The van der Waals surface area contributed by atoms with Crippen LogP contribution >= 0.6 is 0 Å². The Labute approximate surface area is 210 Å². The summed E-state index contributed by atoms with van der Waals surface area (Å²) in [6.07, 6.45) is -0.466. The average molecular weight is 483 g/mol. The van der Waals surface area contributed by atoms with Crippen molar-refractivity contribution < 1.29 is 18.7 Å². The fourth-order valence-corrected chi connectivity index (χ4v) is 4.64. The number of halogens is 1. The number of nitrogens with one attached hydrogen (secondary N) is 1. The first-order valence-electron chi connectivity index (χ1n) is 11.8. The van der Waals surface area contributed by atoms with Crippen LogP contribution in [0.15, 0.2) is 84.9 Å². The molecule has 4 aromatic carbocycles. The van der Waals surface area contributed by atoms with Crippen molar-refractivity contribution in [2.24, 2.45) is 0 Å². The number of rotatable bonds is 6. The summed E-state index contributed by atoms with van der Waals surface area (Å²) in [5, 5.41) is 3.54. The number of carbonyl (C=O) groups excluding carboxylic acids is 1. The van der Waals surface area contributed by atoms with E-state index in [4.69, 9.17) is 9.47 Å². The summed E-state index contributed by atoms with van der Waals surface area (Å²) >= 11 is 0. The third-order valence-electron chi connectivity index (χ3n) is 6.25. The summed E-state index contributed by atoms with van der Waals surface area (Å²) in [7, 11) is 1.59. The van der Waals surface area contributed by atoms with Gasteiger partial charge >= 0.3 is 0 Å². The van der Waals surface area contributed by atoms with Crippen LogP contribution in [0.25, 0.3) is 0 Å². The highest BCUT2D eigenvalue weighted by atomic mass is 19.1. The second-order valence-electron chi connectivity index (χ2n) is 8.90. The van der Waals surface area contributed by atoms with Crippen molar-refractivity contribution in [3.05, 3.63) is 119 Å². The summed E-state index contributed by atoms with van der Waals surface area (Å²) in [6, 6.07) is 25.6. The summed E-state index contributed by atoms with van der Waals surface area (Å²) < 4.78 is 25.4. The highest BCUT2D eigenvalue weighted by Gasteiger charge is 2.34. The molecular weight excluding hydrogens is 455 g/mol. The zero-order chi connectivity index (χ0) is 25.2. The molecule has 1 aliphatic heterocycles. The van der Waals surface area contributed by atoms with E-state index in [1.54, 1.807) is 30.2 Å². The first-order chi connectivity index (χ1) is 17.4. The predicted molar refractivity (Wildman–Crippen MR) is 139 cm³/mol. The minimum absolute atomic E-state index is 0.0840. The molecule has 0 saturated carbocycles. The first-order valence-corrected chi connectivity index (χ1v) is 11.8. The molecule has 4 aromatic rings. The van der Waals surface area contributed by atoms with Crippen LogP contribution in [0.5, 0.6) is 11.5 Å². The zero-order valence-electron chi connectivity index (χ0n) is 20.4. The Balaban J connectivity index is 1.56. The molecule has 1 atom stereocenters. The summed E-state index contributed by atoms with van der Waals surface area (Å²) in [4.78, 5) is 15.6. The van der Waals surface area contributed by atoms with E-state index in [1.807, 2.05) is 68.4 Å². The molecule has 0 aliphatic carbocycles. The Bertz CT molecular complexity index is 1420. The molecule has 0 aromatic heterocycles. The lowest BCUT2D eigenvalue weighted by Crippen LogP contribution is -2.43. The molecule has 1 heterocycles. The Morgan fingerprint density at radius 3 is 2.36 bits per heavy atom. The zero-order valence-corrected chi connectivity index (χ0v) is 20.4. The van der Waals surface area contributed by atoms with Gasteiger partial charge < -0.3 is 14.8 Å². The molecule has 0 fully saturated rings. The fraction of sp³-hybridized carbons (Fsp3) is 0.167. The van der Waals surface area contributed by atoms with E-state index in [0.717, 1.165) is 33.6 Å². The maximum absolute atomic E-state index is 14.1. The van der Waals surface area contributed by atoms with Crippen LogP contribution in [0.3, 0.4) is 0 Å². The molecule has 0 radical (unpaired) electrons. The Kier molecular flexibility index (Phi) is 6.34. The van der Waals surface area contributed by atoms with Gasteiger partial charge in [0.25, 0.3) is 5.91 Å². The lowest BCUT2D eigenvalue weighted by atomic mass is 10.00. The number of nitrogens with zero attached hydrogens (tertiary/aromatic N) is 1. The van der Waals surface area contributed by atoms with Crippen LogP contribution < -0.4 is 19.7 Å². The molecule has 182 valence electrons. The van der Waals surface area contributed by atoms with Crippen LogP contribution in [-0.4, -0.2) is 13.0 Å². The topological polar surface area (TPSA) is 50.8 Å². The van der Waals surface area contributed by atoms with Gasteiger partial charge in [-0.05, 0) is 79.1 Å². The van der Waals surface area contributed by atoms with Gasteiger partial charge in [-0.1, -0.05) is 36.4 Å². The Morgan fingerprint density at radius 2 is 1.61 bits per heavy atom. The monoisotopic (exact) mass is 482 g/mol. The van der Waals surface area contributed by atoms with Gasteiger partial charge in [-0.3, -0.25) is 9.69 Å². The quantitative estimate of drug-likeness (QED) is 0.328.